The number of carbonyl (C=O) groups excluding carboxylic acids is 2. The Morgan fingerprint density at radius 1 is 1.06 bits per heavy atom. The summed E-state index contributed by atoms with van der Waals surface area (Å²) >= 11 is 0. The van der Waals surface area contributed by atoms with Crippen LogP contribution in [0.15, 0.2) is 54.2 Å². The van der Waals surface area contributed by atoms with Crippen molar-refractivity contribution in [3.8, 4) is 5.75 Å². The van der Waals surface area contributed by atoms with Crippen LogP contribution in [-0.2, 0) is 14.3 Å². The number of benzene rings is 1. The van der Waals surface area contributed by atoms with E-state index in [1.807, 2.05) is 27.7 Å². The summed E-state index contributed by atoms with van der Waals surface area (Å²) in [6, 6.07) is 11.3. The van der Waals surface area contributed by atoms with Crippen LogP contribution in [0.1, 0.15) is 51.4 Å². The van der Waals surface area contributed by atoms with Gasteiger partial charge in [-0.05, 0) is 70.5 Å². The van der Waals surface area contributed by atoms with Gasteiger partial charge in [-0.15, -0.1) is 0 Å². The number of aliphatic hydroxyl groups is 1. The highest BCUT2D eigenvalue weighted by Crippen LogP contribution is 2.38. The number of nitrogens with zero attached hydrogens (tertiary/aromatic N) is 2. The van der Waals surface area contributed by atoms with Crippen molar-refractivity contribution in [2.24, 2.45) is 0 Å². The Labute approximate surface area is 188 Å². The number of rotatable bonds is 9. The molecule has 2 aromatic rings. The first-order valence-corrected chi connectivity index (χ1v) is 10.9. The lowest BCUT2D eigenvalue weighted by Gasteiger charge is -2.24. The van der Waals surface area contributed by atoms with Crippen LogP contribution in [0.2, 0.25) is 0 Å². The molecule has 0 aliphatic carbocycles. The highest BCUT2D eigenvalue weighted by molar-refractivity contribution is 6.46. The number of likely N-dealkylation sites (tertiary alicyclic amines) is 1. The monoisotopic (exact) mass is 438 g/mol. The zero-order valence-electron chi connectivity index (χ0n) is 18.9. The summed E-state index contributed by atoms with van der Waals surface area (Å²) in [5.74, 6) is -0.934. The van der Waals surface area contributed by atoms with E-state index in [1.165, 1.54) is 4.90 Å². The molecule has 0 radical (unpaired) electrons. The van der Waals surface area contributed by atoms with Gasteiger partial charge in [-0.25, -0.2) is 0 Å². The van der Waals surface area contributed by atoms with Crippen LogP contribution in [0.5, 0.6) is 5.75 Å². The topological polar surface area (TPSA) is 89.0 Å². The third kappa shape index (κ3) is 5.34. The lowest BCUT2D eigenvalue weighted by molar-refractivity contribution is -0.140. The second-order valence-electron chi connectivity index (χ2n) is 8.21. The van der Waals surface area contributed by atoms with Gasteiger partial charge >= 0.3 is 0 Å². The number of amides is 1. The summed E-state index contributed by atoms with van der Waals surface area (Å²) < 4.78 is 11.2. The van der Waals surface area contributed by atoms with Crippen LogP contribution in [0.3, 0.4) is 0 Å². The molecule has 1 aromatic carbocycles. The van der Waals surface area contributed by atoms with E-state index in [0.717, 1.165) is 0 Å². The van der Waals surface area contributed by atoms with E-state index in [-0.39, 0.29) is 23.5 Å². The van der Waals surface area contributed by atoms with Gasteiger partial charge < -0.3 is 19.5 Å². The summed E-state index contributed by atoms with van der Waals surface area (Å²) in [5, 5.41) is 11.1. The molecule has 1 aliphatic heterocycles. The molecule has 1 unspecified atom stereocenters. The number of pyridine rings is 1. The lowest BCUT2D eigenvalue weighted by atomic mass is 9.98. The minimum absolute atomic E-state index is 0.0172. The predicted molar refractivity (Wildman–Crippen MR) is 121 cm³/mol. The van der Waals surface area contributed by atoms with Crippen molar-refractivity contribution in [2.75, 3.05) is 13.2 Å². The summed E-state index contributed by atoms with van der Waals surface area (Å²) in [4.78, 5) is 31.7. The predicted octanol–water partition coefficient (Wildman–Crippen LogP) is 4.11. The SMILES string of the molecule is CC(C)OCCCN1C(=O)C(=O)/C(=C(\O)c2ccc(OC(C)C)cc2)C1c1ccccn1. The quantitative estimate of drug-likeness (QED) is 0.274. The number of ketones is 1. The summed E-state index contributed by atoms with van der Waals surface area (Å²) in [7, 11) is 0. The van der Waals surface area contributed by atoms with Crippen LogP contribution >= 0.6 is 0 Å². The Bertz CT molecular complexity index is 968. The molecule has 1 atom stereocenters. The smallest absolute Gasteiger partial charge is 0.295 e. The van der Waals surface area contributed by atoms with E-state index >= 15 is 0 Å². The van der Waals surface area contributed by atoms with Crippen LogP contribution in [0, 0.1) is 0 Å². The van der Waals surface area contributed by atoms with Gasteiger partial charge in [-0.1, -0.05) is 6.07 Å². The van der Waals surface area contributed by atoms with Crippen molar-refractivity contribution in [1.82, 2.24) is 9.88 Å². The first kappa shape index (κ1) is 23.5. The molecule has 1 fully saturated rings. The maximum Gasteiger partial charge on any atom is 0.295 e. The van der Waals surface area contributed by atoms with Crippen LogP contribution < -0.4 is 4.74 Å². The highest BCUT2D eigenvalue weighted by atomic mass is 16.5. The summed E-state index contributed by atoms with van der Waals surface area (Å²) in [5.41, 5.74) is 0.997. The van der Waals surface area contributed by atoms with E-state index in [9.17, 15) is 14.7 Å². The van der Waals surface area contributed by atoms with Crippen molar-refractivity contribution < 1.29 is 24.2 Å². The molecule has 2 heterocycles. The van der Waals surface area contributed by atoms with Crippen molar-refractivity contribution in [3.63, 3.8) is 0 Å². The largest absolute Gasteiger partial charge is 0.507 e. The van der Waals surface area contributed by atoms with Crippen LogP contribution in [0.4, 0.5) is 0 Å². The van der Waals surface area contributed by atoms with Gasteiger partial charge in [-0.3, -0.25) is 14.6 Å². The Morgan fingerprint density at radius 3 is 2.38 bits per heavy atom. The number of aliphatic hydroxyl groups excluding tert-OH is 1. The zero-order valence-corrected chi connectivity index (χ0v) is 18.9. The number of aromatic nitrogens is 1. The molecule has 7 nitrogen and oxygen atoms in total. The summed E-state index contributed by atoms with van der Waals surface area (Å²) in [6.45, 7) is 8.52. The van der Waals surface area contributed by atoms with E-state index in [4.69, 9.17) is 9.47 Å². The van der Waals surface area contributed by atoms with E-state index in [2.05, 4.69) is 4.98 Å². The third-order valence-corrected chi connectivity index (χ3v) is 5.00. The van der Waals surface area contributed by atoms with Crippen molar-refractivity contribution in [3.05, 3.63) is 65.5 Å². The van der Waals surface area contributed by atoms with Gasteiger partial charge in [0, 0.05) is 24.9 Å². The lowest BCUT2D eigenvalue weighted by Crippen LogP contribution is -2.31. The molecule has 1 N–H and O–H groups in total. The Hall–Kier alpha value is -3.19. The van der Waals surface area contributed by atoms with E-state index in [1.54, 1.807) is 48.7 Å². The molecule has 1 amide bonds. The standard InChI is InChI=1S/C25H30N2O5/c1-16(2)31-15-7-14-27-22(20-8-5-6-13-26-20)21(24(29)25(27)30)23(28)18-9-11-19(12-10-18)32-17(3)4/h5-6,8-13,16-17,22,28H,7,14-15H2,1-4H3/b23-21-. The minimum atomic E-state index is -0.762. The fourth-order valence-corrected chi connectivity index (χ4v) is 3.63. The molecule has 1 saturated heterocycles. The highest BCUT2D eigenvalue weighted by Gasteiger charge is 2.46. The maximum atomic E-state index is 13.0. The molecule has 0 bridgehead atoms. The molecule has 3 rings (SSSR count). The normalized spacial score (nSPS) is 18.1. The second kappa shape index (κ2) is 10.4. The molecule has 7 heteroatoms. The zero-order chi connectivity index (χ0) is 23.3. The Balaban J connectivity index is 1.96. The van der Waals surface area contributed by atoms with Gasteiger partial charge in [-0.2, -0.15) is 0 Å². The maximum absolute atomic E-state index is 13.0. The average molecular weight is 439 g/mol. The molecule has 0 spiro atoms. The van der Waals surface area contributed by atoms with Crippen molar-refractivity contribution >= 4 is 17.4 Å². The minimum Gasteiger partial charge on any atom is -0.507 e. The van der Waals surface area contributed by atoms with Gasteiger partial charge in [0.2, 0.25) is 0 Å². The fraction of sp³-hybridized carbons (Fsp3) is 0.400. The van der Waals surface area contributed by atoms with E-state index in [0.29, 0.717) is 36.6 Å². The van der Waals surface area contributed by atoms with E-state index < -0.39 is 17.7 Å². The number of hydrogen-bond donors (Lipinski definition) is 1. The Morgan fingerprint density at radius 2 is 1.78 bits per heavy atom. The Kier molecular flexibility index (Phi) is 7.64. The molecular weight excluding hydrogens is 408 g/mol. The third-order valence-electron chi connectivity index (χ3n) is 5.00. The molecule has 32 heavy (non-hydrogen) atoms. The second-order valence-corrected chi connectivity index (χ2v) is 8.21. The number of ether oxygens (including phenoxy) is 2. The number of Topliss-reactive ketones (excluding diaryl/α,β-unsaturated/α-hetero) is 1. The first-order valence-electron chi connectivity index (χ1n) is 10.9. The van der Waals surface area contributed by atoms with Crippen LogP contribution in [0.25, 0.3) is 5.76 Å². The van der Waals surface area contributed by atoms with Crippen LogP contribution in [-0.4, -0.2) is 52.0 Å². The molecule has 0 saturated carbocycles. The van der Waals surface area contributed by atoms with Crippen molar-refractivity contribution in [1.29, 1.82) is 0 Å². The van der Waals surface area contributed by atoms with Gasteiger partial charge in [0.15, 0.2) is 0 Å². The molecule has 1 aliphatic rings. The fourth-order valence-electron chi connectivity index (χ4n) is 3.63. The molecule has 1 aromatic heterocycles. The van der Waals surface area contributed by atoms with Gasteiger partial charge in [0.25, 0.3) is 11.7 Å². The van der Waals surface area contributed by atoms with Gasteiger partial charge in [0.05, 0.1) is 23.5 Å². The first-order chi connectivity index (χ1) is 15.3. The van der Waals surface area contributed by atoms with Gasteiger partial charge in [0.1, 0.15) is 17.6 Å². The molecule has 170 valence electrons. The number of carbonyl (C=O) groups is 2. The number of hydrogen-bond acceptors (Lipinski definition) is 6. The molecular formula is C25H30N2O5. The average Bonchev–Trinajstić information content (AvgIpc) is 3.01. The summed E-state index contributed by atoms with van der Waals surface area (Å²) in [6.07, 6.45) is 2.27. The van der Waals surface area contributed by atoms with Crippen molar-refractivity contribution in [2.45, 2.75) is 52.4 Å².